The van der Waals surface area contributed by atoms with E-state index in [0.717, 1.165) is 35.5 Å². The van der Waals surface area contributed by atoms with Gasteiger partial charge in [-0.1, -0.05) is 160 Å². The lowest BCUT2D eigenvalue weighted by Crippen LogP contribution is -2.12. The number of hydrogen-bond donors (Lipinski definition) is 0. The zero-order chi connectivity index (χ0) is 41.3. The Morgan fingerprint density at radius 3 is 2.00 bits per heavy atom. The van der Waals surface area contributed by atoms with Crippen LogP contribution in [0.2, 0.25) is 0 Å². The lowest BCUT2D eigenvalue weighted by Gasteiger charge is -2.29. The quantitative estimate of drug-likeness (QED) is 0.124. The summed E-state index contributed by atoms with van der Waals surface area (Å²) in [4.78, 5) is 2.47. The largest absolute Gasteiger partial charge is 0.309 e. The molecule has 0 saturated carbocycles. The fourth-order valence-electron chi connectivity index (χ4n) is 9.19. The summed E-state index contributed by atoms with van der Waals surface area (Å²) in [5, 5.41) is 12.9. The number of thiophene rings is 1. The molecule has 60 heavy (non-hydrogen) atoms. The third-order valence-corrected chi connectivity index (χ3v) is 13.0. The zero-order valence-electron chi connectivity index (χ0n) is 34.9. The van der Waals surface area contributed by atoms with Crippen molar-refractivity contribution in [3.05, 3.63) is 199 Å². The molecule has 2 heteroatoms. The van der Waals surface area contributed by atoms with Gasteiger partial charge >= 0.3 is 0 Å². The van der Waals surface area contributed by atoms with Gasteiger partial charge < -0.3 is 4.90 Å². The number of anilines is 3. The van der Waals surface area contributed by atoms with Crippen LogP contribution in [0.15, 0.2) is 177 Å². The summed E-state index contributed by atoms with van der Waals surface area (Å²) in [7, 11) is 0. The van der Waals surface area contributed by atoms with Gasteiger partial charge in [-0.05, 0) is 123 Å². The van der Waals surface area contributed by atoms with Crippen molar-refractivity contribution in [1.82, 2.24) is 0 Å². The first-order valence-electron chi connectivity index (χ1n) is 21.2. The van der Waals surface area contributed by atoms with Crippen LogP contribution in [0.4, 0.5) is 17.1 Å². The van der Waals surface area contributed by atoms with E-state index in [1.54, 1.807) is 6.08 Å². The predicted molar refractivity (Wildman–Crippen MR) is 269 cm³/mol. The second-order valence-corrected chi connectivity index (χ2v) is 16.3. The molecule has 1 nitrogen and oxygen atoms in total. The average molecular weight is 792 g/mol. The molecule has 1 heterocycles. The predicted octanol–water partition coefficient (Wildman–Crippen LogP) is 17.9. The molecule has 10 aromatic rings. The summed E-state index contributed by atoms with van der Waals surface area (Å²) in [6.45, 7) is 15.6. The van der Waals surface area contributed by atoms with Crippen molar-refractivity contribution in [3.8, 4) is 11.1 Å². The molecule has 11 rings (SSSR count). The molecule has 0 spiro atoms. The Hall–Kier alpha value is -6.74. The van der Waals surface area contributed by atoms with E-state index in [4.69, 9.17) is 0 Å². The van der Waals surface area contributed by atoms with Crippen molar-refractivity contribution in [2.75, 3.05) is 4.90 Å². The van der Waals surface area contributed by atoms with Gasteiger partial charge in [-0.25, -0.2) is 0 Å². The summed E-state index contributed by atoms with van der Waals surface area (Å²) in [6, 6.07) is 56.4. The first-order valence-corrected chi connectivity index (χ1v) is 22.0. The van der Waals surface area contributed by atoms with E-state index in [9.17, 15) is 0 Å². The minimum atomic E-state index is 1.08. The molecule has 0 bridgehead atoms. The summed E-state index contributed by atoms with van der Waals surface area (Å²) >= 11 is 1.94. The van der Waals surface area contributed by atoms with E-state index < -0.39 is 0 Å². The molecule has 1 aliphatic carbocycles. The average Bonchev–Trinajstić information content (AvgIpc) is 3.70. The van der Waals surface area contributed by atoms with Gasteiger partial charge in [0.1, 0.15) is 0 Å². The molecule has 0 amide bonds. The highest BCUT2D eigenvalue weighted by atomic mass is 32.1. The smallest absolute Gasteiger partial charge is 0.0546 e. The van der Waals surface area contributed by atoms with Crippen molar-refractivity contribution in [2.24, 2.45) is 0 Å². The number of allylic oxidation sites excluding steroid dienone is 2. The molecule has 0 atom stereocenters. The molecule has 0 aliphatic heterocycles. The van der Waals surface area contributed by atoms with Crippen molar-refractivity contribution in [3.63, 3.8) is 0 Å². The van der Waals surface area contributed by atoms with Gasteiger partial charge in [-0.3, -0.25) is 0 Å². The van der Waals surface area contributed by atoms with E-state index in [2.05, 4.69) is 189 Å². The van der Waals surface area contributed by atoms with E-state index in [-0.39, 0.29) is 0 Å². The van der Waals surface area contributed by atoms with Crippen LogP contribution in [0.1, 0.15) is 49.4 Å². The van der Waals surface area contributed by atoms with Crippen molar-refractivity contribution in [1.29, 1.82) is 0 Å². The molecule has 0 saturated heterocycles. The summed E-state index contributed by atoms with van der Waals surface area (Å²) in [6.07, 6.45) is 10.6. The van der Waals surface area contributed by atoms with Crippen molar-refractivity contribution < 1.29 is 0 Å². The van der Waals surface area contributed by atoms with E-state index in [0.29, 0.717) is 0 Å². The summed E-state index contributed by atoms with van der Waals surface area (Å²) < 4.78 is 2.76. The SMILES string of the molecule is C=CC.C=Cc1cc(N(c2ccc(-c3ccc4sc5c6ccccc6c6c(c5c4c3)CCC=C6)c3ccccc23)c2cc3ccccc3c3ccccc23)ccc1C.CC. The number of nitrogens with zero attached hydrogens (tertiary/aromatic N) is 1. The third-order valence-electron chi connectivity index (χ3n) is 11.8. The Balaban J connectivity index is 0.000000888. The molecule has 0 unspecified atom stereocenters. The fraction of sp³-hybridized carbons (Fsp3) is 0.103. The zero-order valence-corrected chi connectivity index (χ0v) is 35.7. The van der Waals surface area contributed by atoms with Crippen LogP contribution in [0.25, 0.3) is 86.5 Å². The molecule has 0 N–H and O–H groups in total. The number of hydrogen-bond acceptors (Lipinski definition) is 2. The Bertz CT molecular complexity index is 3300. The number of aryl methyl sites for hydroxylation is 2. The van der Waals surface area contributed by atoms with Gasteiger partial charge in [0.25, 0.3) is 0 Å². The van der Waals surface area contributed by atoms with Crippen LogP contribution < -0.4 is 4.90 Å². The van der Waals surface area contributed by atoms with Crippen molar-refractivity contribution in [2.45, 2.75) is 40.5 Å². The highest BCUT2D eigenvalue weighted by molar-refractivity contribution is 7.26. The Kier molecular flexibility index (Phi) is 10.7. The lowest BCUT2D eigenvalue weighted by atomic mass is 9.88. The minimum absolute atomic E-state index is 1.08. The minimum Gasteiger partial charge on any atom is -0.309 e. The molecule has 9 aromatic carbocycles. The molecular formula is C58H49NS. The van der Waals surface area contributed by atoms with Crippen LogP contribution in [0, 0.1) is 6.92 Å². The van der Waals surface area contributed by atoms with Gasteiger partial charge in [-0.2, -0.15) is 0 Å². The lowest BCUT2D eigenvalue weighted by molar-refractivity contribution is 1.00. The summed E-state index contributed by atoms with van der Waals surface area (Å²) in [5.74, 6) is 0. The molecule has 1 aliphatic rings. The maximum absolute atomic E-state index is 4.18. The second kappa shape index (κ2) is 16.5. The first kappa shape index (κ1) is 38.8. The maximum Gasteiger partial charge on any atom is 0.0546 e. The monoisotopic (exact) mass is 791 g/mol. The van der Waals surface area contributed by atoms with E-state index >= 15 is 0 Å². The van der Waals surface area contributed by atoms with Gasteiger partial charge in [-0.15, -0.1) is 17.9 Å². The third kappa shape index (κ3) is 6.49. The molecule has 0 fully saturated rings. The number of rotatable bonds is 5. The number of benzene rings is 9. The Morgan fingerprint density at radius 1 is 0.600 bits per heavy atom. The van der Waals surface area contributed by atoms with Gasteiger partial charge in [0.2, 0.25) is 0 Å². The first-order chi connectivity index (χ1) is 29.6. The standard InChI is InChI=1S/C53H37NS.C3H6.C2H6/c1-3-34-30-37(26-24-33(34)2)54(50-32-35-14-4-5-15-38(35)40-16-7-11-21-45(40)50)49-28-27-39(41-17-6-10-20-44(41)49)36-25-29-51-48(31-36)52-46-22-12-8-18-42(46)43-19-9-13-23-47(43)53(52)55-51;1-3-2;1-2/h3-11,13-21,23-32H,1,12,22H2,2H3;3H,1H2,2H3;1-2H3. The second-order valence-electron chi connectivity index (χ2n) is 15.2. The van der Waals surface area contributed by atoms with Gasteiger partial charge in [0.05, 0.1) is 11.4 Å². The highest BCUT2D eigenvalue weighted by Crippen LogP contribution is 2.48. The van der Waals surface area contributed by atoms with Crippen LogP contribution in [0.3, 0.4) is 0 Å². The van der Waals surface area contributed by atoms with E-state index in [1.807, 2.05) is 38.2 Å². The van der Waals surface area contributed by atoms with Gasteiger partial charge in [0, 0.05) is 42.0 Å². The highest BCUT2D eigenvalue weighted by Gasteiger charge is 2.23. The molecule has 1 aromatic heterocycles. The Morgan fingerprint density at radius 2 is 1.25 bits per heavy atom. The topological polar surface area (TPSA) is 3.24 Å². The fourth-order valence-corrected chi connectivity index (χ4v) is 10.4. The molecule has 292 valence electrons. The van der Waals surface area contributed by atoms with Crippen LogP contribution in [0.5, 0.6) is 0 Å². The number of fused-ring (bicyclic) bond motifs is 12. The Labute approximate surface area is 357 Å². The maximum atomic E-state index is 4.18. The van der Waals surface area contributed by atoms with Crippen molar-refractivity contribution >= 4 is 104 Å². The van der Waals surface area contributed by atoms with Crippen LogP contribution >= 0.6 is 11.3 Å². The van der Waals surface area contributed by atoms with Gasteiger partial charge in [0.15, 0.2) is 0 Å². The van der Waals surface area contributed by atoms with Crippen LogP contribution in [-0.4, -0.2) is 0 Å². The van der Waals surface area contributed by atoms with Crippen LogP contribution in [-0.2, 0) is 6.42 Å². The van der Waals surface area contributed by atoms with E-state index in [1.165, 1.54) is 91.1 Å². The molecule has 0 radical (unpaired) electrons. The summed E-state index contributed by atoms with van der Waals surface area (Å²) in [5.41, 5.74) is 11.1. The normalized spacial score (nSPS) is 11.9. The molecular weight excluding hydrogens is 743 g/mol.